The minimum atomic E-state index is -0.173. The van der Waals surface area contributed by atoms with E-state index >= 15 is 0 Å². The average molecular weight is 401 g/mol. The molecule has 4 aromatic rings. The number of aryl methyl sites for hydroxylation is 2. The van der Waals surface area contributed by atoms with Gasteiger partial charge >= 0.3 is 5.69 Å². The van der Waals surface area contributed by atoms with Crippen molar-refractivity contribution in [3.8, 4) is 23.4 Å². The number of hydrogen-bond acceptors (Lipinski definition) is 4. The number of nitrogens with zero attached hydrogens (tertiary/aromatic N) is 5. The van der Waals surface area contributed by atoms with Crippen LogP contribution >= 0.6 is 0 Å². The first-order chi connectivity index (χ1) is 14.5. The van der Waals surface area contributed by atoms with E-state index in [1.165, 1.54) is 0 Å². The fourth-order valence-corrected chi connectivity index (χ4v) is 3.70. The third kappa shape index (κ3) is 2.98. The molecule has 0 amide bonds. The molecule has 0 aliphatic rings. The number of aromatic nitrogens is 5. The predicted octanol–water partition coefficient (Wildman–Crippen LogP) is 3.44. The number of allylic oxidation sites excluding steroid dienone is 2. The Hall–Kier alpha value is -3.79. The predicted molar refractivity (Wildman–Crippen MR) is 119 cm³/mol. The lowest BCUT2D eigenvalue weighted by atomic mass is 10.0. The molecular weight excluding hydrogens is 378 g/mol. The van der Waals surface area contributed by atoms with Crippen LogP contribution in [0.1, 0.15) is 25.8 Å². The minimum Gasteiger partial charge on any atom is -0.496 e. The first kappa shape index (κ1) is 19.5. The summed E-state index contributed by atoms with van der Waals surface area (Å²) in [6, 6.07) is 3.90. The number of hydrogen-bond donors (Lipinski definition) is 0. The summed E-state index contributed by atoms with van der Waals surface area (Å²) in [5, 5.41) is 0.839. The molecule has 0 spiro atoms. The molecule has 0 radical (unpaired) electrons. The van der Waals surface area contributed by atoms with Gasteiger partial charge in [0.2, 0.25) is 0 Å². The van der Waals surface area contributed by atoms with E-state index in [0.29, 0.717) is 11.6 Å². The molecule has 4 rings (SSSR count). The van der Waals surface area contributed by atoms with Gasteiger partial charge in [-0.15, -0.1) is 5.92 Å². The number of methoxy groups -OCH3 is 1. The Balaban J connectivity index is 2.17. The van der Waals surface area contributed by atoms with Crippen molar-refractivity contribution < 1.29 is 4.74 Å². The van der Waals surface area contributed by atoms with Crippen LogP contribution in [0.2, 0.25) is 0 Å². The van der Waals surface area contributed by atoms with E-state index in [4.69, 9.17) is 4.74 Å². The fraction of sp³-hybridized carbons (Fsp3) is 0.261. The Morgan fingerprint density at radius 3 is 2.70 bits per heavy atom. The van der Waals surface area contributed by atoms with E-state index < -0.39 is 0 Å². The van der Waals surface area contributed by atoms with E-state index in [1.54, 1.807) is 35.8 Å². The summed E-state index contributed by atoms with van der Waals surface area (Å²) in [6.45, 7) is 3.88. The normalized spacial score (nSPS) is 11.7. The van der Waals surface area contributed by atoms with Gasteiger partial charge in [0, 0.05) is 42.9 Å². The van der Waals surface area contributed by atoms with Gasteiger partial charge in [-0.05, 0) is 19.4 Å². The first-order valence-corrected chi connectivity index (χ1v) is 9.70. The summed E-state index contributed by atoms with van der Waals surface area (Å²) in [5.74, 6) is 7.41. The van der Waals surface area contributed by atoms with Crippen molar-refractivity contribution >= 4 is 27.5 Å². The van der Waals surface area contributed by atoms with Crippen LogP contribution in [0.5, 0.6) is 5.75 Å². The van der Waals surface area contributed by atoms with Crippen LogP contribution in [0.15, 0.2) is 41.7 Å². The van der Waals surface area contributed by atoms with Crippen LogP contribution in [0.25, 0.3) is 33.3 Å². The number of benzene rings is 1. The zero-order chi connectivity index (χ0) is 21.4. The number of fused-ring (bicyclic) bond motifs is 3. The molecule has 0 atom stereocenters. The molecular formula is C23H23N5O2. The van der Waals surface area contributed by atoms with Gasteiger partial charge in [0.1, 0.15) is 5.75 Å². The first-order valence-electron chi connectivity index (χ1n) is 9.70. The van der Waals surface area contributed by atoms with Gasteiger partial charge in [0.15, 0.2) is 5.82 Å². The monoisotopic (exact) mass is 401 g/mol. The van der Waals surface area contributed by atoms with Crippen LogP contribution in [0, 0.1) is 11.8 Å². The zero-order valence-corrected chi connectivity index (χ0v) is 17.7. The Kier molecular flexibility index (Phi) is 4.92. The van der Waals surface area contributed by atoms with Crippen LogP contribution in [-0.2, 0) is 14.1 Å². The van der Waals surface area contributed by atoms with Gasteiger partial charge in [-0.2, -0.15) is 0 Å². The summed E-state index contributed by atoms with van der Waals surface area (Å²) in [5.41, 5.74) is 3.82. The maximum absolute atomic E-state index is 13.1. The molecule has 0 aliphatic carbocycles. The highest BCUT2D eigenvalue weighted by molar-refractivity contribution is 6.05. The molecule has 1 aromatic carbocycles. The van der Waals surface area contributed by atoms with Crippen molar-refractivity contribution in [3.05, 3.63) is 53.0 Å². The lowest BCUT2D eigenvalue weighted by Crippen LogP contribution is -2.21. The molecule has 3 aromatic heterocycles. The maximum atomic E-state index is 13.1. The van der Waals surface area contributed by atoms with Crippen molar-refractivity contribution in [2.24, 2.45) is 14.1 Å². The average Bonchev–Trinajstić information content (AvgIpc) is 3.28. The second-order valence-electron chi connectivity index (χ2n) is 7.04. The molecule has 0 bridgehead atoms. The summed E-state index contributed by atoms with van der Waals surface area (Å²) >= 11 is 0. The number of pyridine rings is 1. The molecule has 0 N–H and O–H groups in total. The minimum absolute atomic E-state index is 0.173. The third-order valence-electron chi connectivity index (χ3n) is 5.08. The van der Waals surface area contributed by atoms with Crippen molar-refractivity contribution in [3.63, 3.8) is 0 Å². The number of rotatable bonds is 4. The highest BCUT2D eigenvalue weighted by atomic mass is 16.5. The Morgan fingerprint density at radius 2 is 2.07 bits per heavy atom. The van der Waals surface area contributed by atoms with Crippen LogP contribution < -0.4 is 10.4 Å². The van der Waals surface area contributed by atoms with Gasteiger partial charge in [0.25, 0.3) is 0 Å². The van der Waals surface area contributed by atoms with E-state index in [2.05, 4.69) is 34.8 Å². The largest absolute Gasteiger partial charge is 0.496 e. The van der Waals surface area contributed by atoms with Crippen LogP contribution in [0.4, 0.5) is 0 Å². The van der Waals surface area contributed by atoms with Crippen LogP contribution in [-0.4, -0.2) is 30.8 Å². The molecule has 30 heavy (non-hydrogen) atoms. The van der Waals surface area contributed by atoms with Gasteiger partial charge < -0.3 is 9.30 Å². The van der Waals surface area contributed by atoms with Gasteiger partial charge in [0.05, 0.1) is 36.2 Å². The summed E-state index contributed by atoms with van der Waals surface area (Å²) in [4.78, 5) is 22.1. The van der Waals surface area contributed by atoms with Crippen molar-refractivity contribution in [1.29, 1.82) is 0 Å². The Morgan fingerprint density at radius 1 is 1.27 bits per heavy atom. The second-order valence-corrected chi connectivity index (χ2v) is 7.04. The molecule has 7 heteroatoms. The number of ether oxygens (including phenoxy) is 1. The quantitative estimate of drug-likeness (QED) is 0.492. The topological polar surface area (TPSA) is 66.9 Å². The van der Waals surface area contributed by atoms with Gasteiger partial charge in [-0.25, -0.2) is 14.3 Å². The van der Waals surface area contributed by atoms with Crippen LogP contribution in [0.3, 0.4) is 0 Å². The molecule has 3 heterocycles. The lowest BCUT2D eigenvalue weighted by molar-refractivity contribution is 0.414. The molecule has 152 valence electrons. The Bertz CT molecular complexity index is 1420. The molecule has 7 nitrogen and oxygen atoms in total. The van der Waals surface area contributed by atoms with E-state index in [1.807, 2.05) is 36.9 Å². The standard InChI is InChI=1S/C23H23N5O2/c1-6-8-15(9-7-2)16-10-17-18(11-20(16)30-5)24-12-19-22(17)28(23(29)27(19)4)21-13-26(3)14-25-21/h8,10-14H,6H2,1-5H3/b15-8+. The van der Waals surface area contributed by atoms with E-state index in [-0.39, 0.29) is 5.69 Å². The third-order valence-corrected chi connectivity index (χ3v) is 5.08. The second kappa shape index (κ2) is 7.56. The molecule has 0 aliphatic heterocycles. The molecule has 0 saturated heterocycles. The molecule has 0 saturated carbocycles. The van der Waals surface area contributed by atoms with Crippen molar-refractivity contribution in [2.75, 3.05) is 7.11 Å². The smallest absolute Gasteiger partial charge is 0.334 e. The van der Waals surface area contributed by atoms with Crippen molar-refractivity contribution in [1.82, 2.24) is 23.7 Å². The highest BCUT2D eigenvalue weighted by Crippen LogP contribution is 2.34. The van der Waals surface area contributed by atoms with Crippen molar-refractivity contribution in [2.45, 2.75) is 20.3 Å². The molecule has 0 unspecified atom stereocenters. The fourth-order valence-electron chi connectivity index (χ4n) is 3.70. The van der Waals surface area contributed by atoms with E-state index in [0.717, 1.165) is 39.5 Å². The summed E-state index contributed by atoms with van der Waals surface area (Å²) in [6.07, 6.45) is 8.13. The summed E-state index contributed by atoms with van der Waals surface area (Å²) in [7, 11) is 5.26. The Labute approximate surface area is 174 Å². The lowest BCUT2D eigenvalue weighted by Gasteiger charge is -2.11. The van der Waals surface area contributed by atoms with Gasteiger partial charge in [-0.1, -0.05) is 18.9 Å². The summed E-state index contributed by atoms with van der Waals surface area (Å²) < 4.78 is 10.7. The number of imidazole rings is 2. The SMILES string of the molecule is CC#C/C(=C\CC)c1cc2c(cc1OC)ncc1c2n(-c2cn(C)cn2)c(=O)n1C. The van der Waals surface area contributed by atoms with Gasteiger partial charge in [-0.3, -0.25) is 9.55 Å². The highest BCUT2D eigenvalue weighted by Gasteiger charge is 2.19. The molecule has 0 fully saturated rings. The maximum Gasteiger partial charge on any atom is 0.334 e. The van der Waals surface area contributed by atoms with E-state index in [9.17, 15) is 4.79 Å². The zero-order valence-electron chi connectivity index (χ0n) is 17.7.